The van der Waals surface area contributed by atoms with Crippen molar-refractivity contribution < 1.29 is 14.6 Å². The third-order valence-electron chi connectivity index (χ3n) is 4.57. The molecule has 2 aliphatic rings. The molecule has 1 saturated heterocycles. The number of hydrogen-bond donors (Lipinski definition) is 1. The van der Waals surface area contributed by atoms with E-state index in [-0.39, 0.29) is 24.9 Å². The van der Waals surface area contributed by atoms with Gasteiger partial charge in [0.1, 0.15) is 0 Å². The topological polar surface area (TPSA) is 38.7 Å². The molecule has 0 aromatic carbocycles. The second-order valence-corrected chi connectivity index (χ2v) is 5.86. The summed E-state index contributed by atoms with van der Waals surface area (Å²) in [5.41, 5.74) is 1.16. The van der Waals surface area contributed by atoms with Crippen LogP contribution in [0, 0.1) is 17.8 Å². The van der Waals surface area contributed by atoms with Crippen LogP contribution in [0.3, 0.4) is 0 Å². The maximum atomic E-state index is 9.55. The SMILES string of the molecule is C=C(C)[C@H]1C[C@H](OC2CCCCO2)[C@H](C)[C@H]1CO. The highest BCUT2D eigenvalue weighted by atomic mass is 16.7. The Morgan fingerprint density at radius 1 is 1.44 bits per heavy atom. The van der Waals surface area contributed by atoms with E-state index in [1.165, 1.54) is 6.42 Å². The molecule has 0 aromatic rings. The summed E-state index contributed by atoms with van der Waals surface area (Å²) in [6.07, 6.45) is 4.49. The van der Waals surface area contributed by atoms with E-state index in [4.69, 9.17) is 9.47 Å². The molecule has 2 rings (SSSR count). The highest BCUT2D eigenvalue weighted by Gasteiger charge is 2.42. The van der Waals surface area contributed by atoms with E-state index in [1.807, 2.05) is 0 Å². The Kier molecular flexibility index (Phi) is 4.82. The van der Waals surface area contributed by atoms with Gasteiger partial charge in [0.05, 0.1) is 6.10 Å². The van der Waals surface area contributed by atoms with Gasteiger partial charge in [-0.3, -0.25) is 0 Å². The zero-order valence-electron chi connectivity index (χ0n) is 11.6. The van der Waals surface area contributed by atoms with Gasteiger partial charge in [-0.15, -0.1) is 0 Å². The van der Waals surface area contributed by atoms with Gasteiger partial charge in [0, 0.05) is 13.2 Å². The number of rotatable bonds is 4. The molecule has 1 unspecified atom stereocenters. The lowest BCUT2D eigenvalue weighted by Crippen LogP contribution is -2.30. The van der Waals surface area contributed by atoms with Crippen LogP contribution in [0.15, 0.2) is 12.2 Å². The Balaban J connectivity index is 1.94. The number of ether oxygens (including phenoxy) is 2. The predicted octanol–water partition coefficient (Wildman–Crippen LogP) is 2.74. The second-order valence-electron chi connectivity index (χ2n) is 5.86. The quantitative estimate of drug-likeness (QED) is 0.784. The standard InChI is InChI=1S/C15H26O3/c1-10(2)12-8-14(11(3)13(12)9-16)18-15-6-4-5-7-17-15/h11-16H,1,4-9H2,2-3H3/t11-,12-,13-,14+,15?/m1/s1. The van der Waals surface area contributed by atoms with Crippen LogP contribution in [0.5, 0.6) is 0 Å². The first-order valence-corrected chi connectivity index (χ1v) is 7.16. The van der Waals surface area contributed by atoms with Crippen molar-refractivity contribution in [3.8, 4) is 0 Å². The molecule has 0 amide bonds. The Morgan fingerprint density at radius 2 is 2.22 bits per heavy atom. The van der Waals surface area contributed by atoms with Crippen LogP contribution < -0.4 is 0 Å². The molecule has 1 aliphatic carbocycles. The molecule has 2 fully saturated rings. The Bertz CT molecular complexity index is 283. The fraction of sp³-hybridized carbons (Fsp3) is 0.867. The largest absolute Gasteiger partial charge is 0.396 e. The van der Waals surface area contributed by atoms with Gasteiger partial charge in [-0.2, -0.15) is 0 Å². The van der Waals surface area contributed by atoms with Crippen LogP contribution >= 0.6 is 0 Å². The second kappa shape index (κ2) is 6.18. The summed E-state index contributed by atoms with van der Waals surface area (Å²) < 4.78 is 11.7. The molecule has 1 heterocycles. The molecule has 0 radical (unpaired) electrons. The average molecular weight is 254 g/mol. The van der Waals surface area contributed by atoms with E-state index in [9.17, 15) is 5.11 Å². The van der Waals surface area contributed by atoms with Crippen LogP contribution in [-0.2, 0) is 9.47 Å². The summed E-state index contributed by atoms with van der Waals surface area (Å²) >= 11 is 0. The maximum Gasteiger partial charge on any atom is 0.157 e. The summed E-state index contributed by atoms with van der Waals surface area (Å²) in [7, 11) is 0. The van der Waals surface area contributed by atoms with Gasteiger partial charge in [0.25, 0.3) is 0 Å². The normalized spacial score (nSPS) is 40.9. The molecular weight excluding hydrogens is 228 g/mol. The lowest BCUT2D eigenvalue weighted by atomic mass is 9.87. The Hall–Kier alpha value is -0.380. The van der Waals surface area contributed by atoms with Crippen LogP contribution in [0.4, 0.5) is 0 Å². The zero-order chi connectivity index (χ0) is 13.1. The van der Waals surface area contributed by atoms with Crippen molar-refractivity contribution in [2.24, 2.45) is 17.8 Å². The van der Waals surface area contributed by atoms with Gasteiger partial charge >= 0.3 is 0 Å². The van der Waals surface area contributed by atoms with Crippen LogP contribution in [0.25, 0.3) is 0 Å². The smallest absolute Gasteiger partial charge is 0.157 e. The van der Waals surface area contributed by atoms with Crippen molar-refractivity contribution in [3.05, 3.63) is 12.2 Å². The van der Waals surface area contributed by atoms with E-state index < -0.39 is 0 Å². The minimum Gasteiger partial charge on any atom is -0.396 e. The minimum absolute atomic E-state index is 0.0329. The molecule has 1 saturated carbocycles. The fourth-order valence-electron chi connectivity index (χ4n) is 3.33. The summed E-state index contributed by atoms with van der Waals surface area (Å²) in [5, 5.41) is 9.55. The van der Waals surface area contributed by atoms with Gasteiger partial charge < -0.3 is 14.6 Å². The molecule has 0 spiro atoms. The molecular formula is C15H26O3. The van der Waals surface area contributed by atoms with Gasteiger partial charge in [0.2, 0.25) is 0 Å². The van der Waals surface area contributed by atoms with Gasteiger partial charge in [-0.25, -0.2) is 0 Å². The average Bonchev–Trinajstić information content (AvgIpc) is 2.68. The molecule has 1 aliphatic heterocycles. The highest BCUT2D eigenvalue weighted by molar-refractivity contribution is 5.06. The molecule has 3 heteroatoms. The predicted molar refractivity (Wildman–Crippen MR) is 71.1 cm³/mol. The van der Waals surface area contributed by atoms with Crippen molar-refractivity contribution in [2.75, 3.05) is 13.2 Å². The number of aliphatic hydroxyl groups is 1. The first kappa shape index (κ1) is 14.0. The van der Waals surface area contributed by atoms with E-state index in [0.717, 1.165) is 31.4 Å². The van der Waals surface area contributed by atoms with Crippen LogP contribution in [0.1, 0.15) is 39.5 Å². The van der Waals surface area contributed by atoms with Crippen LogP contribution in [-0.4, -0.2) is 30.7 Å². The summed E-state index contributed by atoms with van der Waals surface area (Å²) in [5.74, 6) is 1.05. The maximum absolute atomic E-state index is 9.55. The van der Waals surface area contributed by atoms with E-state index in [2.05, 4.69) is 20.4 Å². The van der Waals surface area contributed by atoms with Gasteiger partial charge in [-0.05, 0) is 50.4 Å². The zero-order valence-corrected chi connectivity index (χ0v) is 11.6. The highest BCUT2D eigenvalue weighted by Crippen LogP contribution is 2.42. The molecule has 5 atom stereocenters. The summed E-state index contributed by atoms with van der Waals surface area (Å²) in [6.45, 7) is 9.33. The molecule has 0 bridgehead atoms. The van der Waals surface area contributed by atoms with E-state index in [0.29, 0.717) is 11.8 Å². The number of aliphatic hydroxyl groups excluding tert-OH is 1. The Labute approximate surface area is 110 Å². The Morgan fingerprint density at radius 3 is 2.72 bits per heavy atom. The van der Waals surface area contributed by atoms with Crippen LogP contribution in [0.2, 0.25) is 0 Å². The first-order chi connectivity index (χ1) is 8.63. The molecule has 3 nitrogen and oxygen atoms in total. The lowest BCUT2D eigenvalue weighted by molar-refractivity contribution is -0.195. The van der Waals surface area contributed by atoms with Crippen molar-refractivity contribution in [1.82, 2.24) is 0 Å². The number of allylic oxidation sites excluding steroid dienone is 1. The molecule has 18 heavy (non-hydrogen) atoms. The van der Waals surface area contributed by atoms with Crippen molar-refractivity contribution in [1.29, 1.82) is 0 Å². The lowest BCUT2D eigenvalue weighted by Gasteiger charge is -2.28. The summed E-state index contributed by atoms with van der Waals surface area (Å²) in [4.78, 5) is 0. The minimum atomic E-state index is -0.0329. The molecule has 1 N–H and O–H groups in total. The molecule has 0 aromatic heterocycles. The van der Waals surface area contributed by atoms with Crippen molar-refractivity contribution in [2.45, 2.75) is 51.9 Å². The number of hydrogen-bond acceptors (Lipinski definition) is 3. The van der Waals surface area contributed by atoms with E-state index >= 15 is 0 Å². The monoisotopic (exact) mass is 254 g/mol. The molecule has 104 valence electrons. The van der Waals surface area contributed by atoms with Gasteiger partial charge in [-0.1, -0.05) is 19.1 Å². The first-order valence-electron chi connectivity index (χ1n) is 7.16. The van der Waals surface area contributed by atoms with Crippen molar-refractivity contribution in [3.63, 3.8) is 0 Å². The summed E-state index contributed by atoms with van der Waals surface area (Å²) in [6, 6.07) is 0. The van der Waals surface area contributed by atoms with Crippen molar-refractivity contribution >= 4 is 0 Å². The third kappa shape index (κ3) is 2.95. The third-order valence-corrected chi connectivity index (χ3v) is 4.57. The fourth-order valence-corrected chi connectivity index (χ4v) is 3.33. The van der Waals surface area contributed by atoms with E-state index in [1.54, 1.807) is 0 Å². The van der Waals surface area contributed by atoms with Gasteiger partial charge in [0.15, 0.2) is 6.29 Å².